The number of nitrogens with one attached hydrogen (secondary N) is 1. The summed E-state index contributed by atoms with van der Waals surface area (Å²) in [5.74, 6) is -0.621. The van der Waals surface area contributed by atoms with Crippen molar-refractivity contribution in [3.05, 3.63) is 51.8 Å². The SMILES string of the molecule is O=C(Nc1ccc(C(F)(F)F)cc1)c1cnc2c(c(Cl)nn2C2CCOCC2)c1Cl. The van der Waals surface area contributed by atoms with Crippen molar-refractivity contribution in [1.82, 2.24) is 14.8 Å². The molecule has 1 N–H and O–H groups in total. The molecule has 30 heavy (non-hydrogen) atoms. The Labute approximate surface area is 178 Å². The molecule has 2 aromatic heterocycles. The summed E-state index contributed by atoms with van der Waals surface area (Å²) in [5, 5.41) is 7.40. The second-order valence-corrected chi connectivity index (χ2v) is 7.53. The van der Waals surface area contributed by atoms with Gasteiger partial charge in [0, 0.05) is 25.1 Å². The molecule has 6 nitrogen and oxygen atoms in total. The van der Waals surface area contributed by atoms with Crippen LogP contribution in [0.4, 0.5) is 18.9 Å². The van der Waals surface area contributed by atoms with Crippen LogP contribution in [-0.2, 0) is 10.9 Å². The van der Waals surface area contributed by atoms with Gasteiger partial charge in [-0.3, -0.25) is 4.79 Å². The third-order valence-electron chi connectivity index (χ3n) is 4.87. The van der Waals surface area contributed by atoms with Gasteiger partial charge in [-0.05, 0) is 37.1 Å². The van der Waals surface area contributed by atoms with Crippen molar-refractivity contribution in [2.24, 2.45) is 0 Å². The van der Waals surface area contributed by atoms with Gasteiger partial charge in [0.15, 0.2) is 10.8 Å². The van der Waals surface area contributed by atoms with Gasteiger partial charge < -0.3 is 10.1 Å². The number of aromatic nitrogens is 3. The van der Waals surface area contributed by atoms with E-state index in [0.717, 1.165) is 37.1 Å². The van der Waals surface area contributed by atoms with Gasteiger partial charge >= 0.3 is 6.18 Å². The number of pyridine rings is 1. The van der Waals surface area contributed by atoms with Gasteiger partial charge in [0.2, 0.25) is 0 Å². The molecule has 1 fully saturated rings. The molecule has 1 amide bonds. The summed E-state index contributed by atoms with van der Waals surface area (Å²) >= 11 is 12.7. The maximum absolute atomic E-state index is 12.7. The number of fused-ring (bicyclic) bond motifs is 1. The molecule has 0 spiro atoms. The number of ether oxygens (including phenoxy) is 1. The molecule has 0 atom stereocenters. The number of halogens is 5. The van der Waals surface area contributed by atoms with Crippen LogP contribution in [0.2, 0.25) is 10.2 Å². The molecule has 158 valence electrons. The van der Waals surface area contributed by atoms with E-state index < -0.39 is 17.6 Å². The molecule has 1 saturated heterocycles. The minimum Gasteiger partial charge on any atom is -0.381 e. The molecule has 0 radical (unpaired) electrons. The number of hydrogen-bond acceptors (Lipinski definition) is 4. The first-order valence-electron chi connectivity index (χ1n) is 9.04. The van der Waals surface area contributed by atoms with Crippen molar-refractivity contribution in [2.45, 2.75) is 25.1 Å². The number of hydrogen-bond donors (Lipinski definition) is 1. The number of carbonyl (C=O) groups excluding carboxylic acids is 1. The molecule has 0 aliphatic carbocycles. The lowest BCUT2D eigenvalue weighted by atomic mass is 10.1. The van der Waals surface area contributed by atoms with E-state index >= 15 is 0 Å². The number of benzene rings is 1. The molecule has 1 aliphatic rings. The molecule has 0 saturated carbocycles. The van der Waals surface area contributed by atoms with Crippen molar-refractivity contribution in [3.8, 4) is 0 Å². The highest BCUT2D eigenvalue weighted by molar-refractivity contribution is 6.43. The van der Waals surface area contributed by atoms with Crippen LogP contribution in [0.3, 0.4) is 0 Å². The van der Waals surface area contributed by atoms with Crippen LogP contribution in [-0.4, -0.2) is 33.9 Å². The number of amides is 1. The Bertz CT molecular complexity index is 1090. The minimum absolute atomic E-state index is 0.0393. The van der Waals surface area contributed by atoms with Crippen molar-refractivity contribution in [2.75, 3.05) is 18.5 Å². The zero-order valence-corrected chi connectivity index (χ0v) is 16.9. The second-order valence-electron chi connectivity index (χ2n) is 6.79. The molecule has 0 unspecified atom stereocenters. The van der Waals surface area contributed by atoms with E-state index in [-0.39, 0.29) is 27.5 Å². The quantitative estimate of drug-likeness (QED) is 0.573. The van der Waals surface area contributed by atoms with Gasteiger partial charge in [-0.15, -0.1) is 0 Å². The maximum atomic E-state index is 12.7. The predicted molar refractivity (Wildman–Crippen MR) is 106 cm³/mol. The van der Waals surface area contributed by atoms with E-state index in [2.05, 4.69) is 15.4 Å². The monoisotopic (exact) mass is 458 g/mol. The molecule has 3 aromatic rings. The van der Waals surface area contributed by atoms with Crippen LogP contribution in [0.25, 0.3) is 11.0 Å². The fraction of sp³-hybridized carbons (Fsp3) is 0.316. The molecule has 0 bridgehead atoms. The lowest BCUT2D eigenvalue weighted by Crippen LogP contribution is -2.20. The molecular formula is C19H15Cl2F3N4O2. The van der Waals surface area contributed by atoms with Crippen molar-refractivity contribution in [3.63, 3.8) is 0 Å². The highest BCUT2D eigenvalue weighted by Crippen LogP contribution is 2.35. The van der Waals surface area contributed by atoms with Crippen LogP contribution in [0.1, 0.15) is 34.8 Å². The summed E-state index contributed by atoms with van der Waals surface area (Å²) in [5.41, 5.74) is -0.123. The first kappa shape index (κ1) is 20.9. The zero-order chi connectivity index (χ0) is 21.5. The fourth-order valence-corrected chi connectivity index (χ4v) is 3.93. The summed E-state index contributed by atoms with van der Waals surface area (Å²) in [4.78, 5) is 17.0. The van der Waals surface area contributed by atoms with E-state index in [9.17, 15) is 18.0 Å². The van der Waals surface area contributed by atoms with E-state index in [1.165, 1.54) is 6.20 Å². The third kappa shape index (κ3) is 3.97. The molecule has 1 aliphatic heterocycles. The molecule has 1 aromatic carbocycles. The van der Waals surface area contributed by atoms with Gasteiger partial charge in [0.05, 0.1) is 27.6 Å². The number of anilines is 1. The highest BCUT2D eigenvalue weighted by Gasteiger charge is 2.30. The average molecular weight is 459 g/mol. The van der Waals surface area contributed by atoms with Gasteiger partial charge in [0.1, 0.15) is 0 Å². The fourth-order valence-electron chi connectivity index (χ4n) is 3.31. The Kier molecular flexibility index (Phi) is 5.61. The van der Waals surface area contributed by atoms with Crippen molar-refractivity contribution >= 4 is 45.8 Å². The van der Waals surface area contributed by atoms with E-state index in [0.29, 0.717) is 24.2 Å². The van der Waals surface area contributed by atoms with Crippen molar-refractivity contribution < 1.29 is 22.7 Å². The van der Waals surface area contributed by atoms with Gasteiger partial charge in [-0.2, -0.15) is 18.3 Å². The first-order chi connectivity index (χ1) is 14.3. The number of carbonyl (C=O) groups is 1. The Balaban J connectivity index is 1.62. The van der Waals surface area contributed by atoms with E-state index in [1.54, 1.807) is 4.68 Å². The summed E-state index contributed by atoms with van der Waals surface area (Å²) in [6.07, 6.45) is -1.65. The van der Waals surface area contributed by atoms with E-state index in [1.807, 2.05) is 0 Å². The lowest BCUT2D eigenvalue weighted by Gasteiger charge is -2.22. The van der Waals surface area contributed by atoms with Gasteiger partial charge in [0.25, 0.3) is 5.91 Å². The summed E-state index contributed by atoms with van der Waals surface area (Å²) in [7, 11) is 0. The molecule has 4 rings (SSSR count). The number of rotatable bonds is 3. The van der Waals surface area contributed by atoms with Crippen LogP contribution < -0.4 is 5.32 Å². The Hall–Kier alpha value is -2.36. The van der Waals surface area contributed by atoms with Crippen LogP contribution in [0.15, 0.2) is 30.5 Å². The van der Waals surface area contributed by atoms with Crippen molar-refractivity contribution in [1.29, 1.82) is 0 Å². The third-order valence-corrected chi connectivity index (χ3v) is 5.52. The van der Waals surface area contributed by atoms with E-state index in [4.69, 9.17) is 27.9 Å². The standard InChI is InChI=1S/C19H15Cl2F3N4O2/c20-15-13(18(29)26-11-3-1-10(2-4-11)19(22,23)24)9-25-17-14(15)16(21)27-28(17)12-5-7-30-8-6-12/h1-4,9,12H,5-8H2,(H,26,29). The number of nitrogens with zero attached hydrogens (tertiary/aromatic N) is 3. The minimum atomic E-state index is -4.46. The smallest absolute Gasteiger partial charge is 0.381 e. The Morgan fingerprint density at radius 1 is 1.17 bits per heavy atom. The number of alkyl halides is 3. The summed E-state index contributed by atoms with van der Waals surface area (Å²) in [6, 6.07) is 4.15. The molecule has 3 heterocycles. The van der Waals surface area contributed by atoms with Gasteiger partial charge in [-0.25, -0.2) is 9.67 Å². The predicted octanol–water partition coefficient (Wildman–Crippen LogP) is 5.36. The van der Waals surface area contributed by atoms with Crippen LogP contribution in [0.5, 0.6) is 0 Å². The topological polar surface area (TPSA) is 69.0 Å². The van der Waals surface area contributed by atoms with Gasteiger partial charge in [-0.1, -0.05) is 23.2 Å². The average Bonchev–Trinajstić information content (AvgIpc) is 3.06. The lowest BCUT2D eigenvalue weighted by molar-refractivity contribution is -0.137. The Morgan fingerprint density at radius 2 is 1.83 bits per heavy atom. The van der Waals surface area contributed by atoms with Crippen LogP contribution >= 0.6 is 23.2 Å². The van der Waals surface area contributed by atoms with Crippen LogP contribution in [0, 0.1) is 0 Å². The zero-order valence-electron chi connectivity index (χ0n) is 15.3. The first-order valence-corrected chi connectivity index (χ1v) is 9.80. The second kappa shape index (κ2) is 8.05. The largest absolute Gasteiger partial charge is 0.416 e. The molecule has 11 heteroatoms. The molecular weight excluding hydrogens is 444 g/mol. The normalized spacial score (nSPS) is 15.5. The summed E-state index contributed by atoms with van der Waals surface area (Å²) in [6.45, 7) is 1.20. The Morgan fingerprint density at radius 3 is 2.47 bits per heavy atom. The maximum Gasteiger partial charge on any atom is 0.416 e. The summed E-state index contributed by atoms with van der Waals surface area (Å²) < 4.78 is 45.1. The highest BCUT2D eigenvalue weighted by atomic mass is 35.5.